The van der Waals surface area contributed by atoms with E-state index in [1.165, 1.54) is 31.4 Å². The SMILES string of the molecule is Cc1nc(SCc2cc(=O)n3c(C)cccc3n2)n(C2CCCC2)c1C. The Morgan fingerprint density at radius 2 is 1.92 bits per heavy atom. The summed E-state index contributed by atoms with van der Waals surface area (Å²) in [5.74, 6) is 0.655. The Labute approximate surface area is 157 Å². The molecule has 1 aliphatic rings. The molecule has 0 saturated heterocycles. The van der Waals surface area contributed by atoms with Crippen LogP contribution in [0.15, 0.2) is 34.2 Å². The first-order valence-electron chi connectivity index (χ1n) is 9.21. The van der Waals surface area contributed by atoms with E-state index in [0.29, 0.717) is 17.4 Å². The Kier molecular flexibility index (Phi) is 4.61. The standard InChI is InChI=1S/C20H24N4OS/c1-13-7-6-10-18-22-16(11-19(25)23(13)18)12-26-20-21-14(2)15(3)24(20)17-8-4-5-9-17/h6-7,10-11,17H,4-5,8-9,12H2,1-3H3. The molecule has 0 spiro atoms. The van der Waals surface area contributed by atoms with Crippen LogP contribution in [0.5, 0.6) is 0 Å². The van der Waals surface area contributed by atoms with Crippen LogP contribution < -0.4 is 5.56 Å². The number of thioether (sulfide) groups is 1. The molecule has 3 heterocycles. The highest BCUT2D eigenvalue weighted by Gasteiger charge is 2.23. The predicted molar refractivity (Wildman–Crippen MR) is 105 cm³/mol. The highest BCUT2D eigenvalue weighted by Crippen LogP contribution is 2.35. The molecule has 4 rings (SSSR count). The van der Waals surface area contributed by atoms with Crippen LogP contribution in [-0.2, 0) is 5.75 Å². The van der Waals surface area contributed by atoms with Gasteiger partial charge < -0.3 is 4.57 Å². The third-order valence-electron chi connectivity index (χ3n) is 5.33. The molecule has 0 unspecified atom stereocenters. The number of aryl methyl sites for hydroxylation is 2. The van der Waals surface area contributed by atoms with E-state index >= 15 is 0 Å². The normalized spacial score (nSPS) is 15.2. The summed E-state index contributed by atoms with van der Waals surface area (Å²) in [6.07, 6.45) is 5.07. The Bertz CT molecular complexity index is 1010. The van der Waals surface area contributed by atoms with Gasteiger partial charge in [0.15, 0.2) is 5.16 Å². The largest absolute Gasteiger partial charge is 0.320 e. The number of nitrogens with zero attached hydrogens (tertiary/aromatic N) is 4. The molecule has 0 N–H and O–H groups in total. The Morgan fingerprint density at radius 1 is 1.15 bits per heavy atom. The molecule has 0 radical (unpaired) electrons. The van der Waals surface area contributed by atoms with Crippen molar-refractivity contribution in [2.75, 3.05) is 0 Å². The molecule has 0 aromatic carbocycles. The molecular formula is C20H24N4OS. The van der Waals surface area contributed by atoms with Gasteiger partial charge in [0, 0.05) is 29.2 Å². The maximum absolute atomic E-state index is 12.5. The lowest BCUT2D eigenvalue weighted by atomic mass is 10.2. The molecule has 0 aliphatic heterocycles. The number of fused-ring (bicyclic) bond motifs is 1. The van der Waals surface area contributed by atoms with Crippen molar-refractivity contribution in [3.63, 3.8) is 0 Å². The van der Waals surface area contributed by atoms with Crippen LogP contribution >= 0.6 is 11.8 Å². The Hall–Kier alpha value is -2.08. The molecular weight excluding hydrogens is 344 g/mol. The van der Waals surface area contributed by atoms with Gasteiger partial charge in [-0.05, 0) is 45.7 Å². The minimum atomic E-state index is -0.0183. The van der Waals surface area contributed by atoms with Crippen LogP contribution in [-0.4, -0.2) is 18.9 Å². The van der Waals surface area contributed by atoms with Gasteiger partial charge in [0.25, 0.3) is 5.56 Å². The predicted octanol–water partition coefficient (Wildman–Crippen LogP) is 4.22. The smallest absolute Gasteiger partial charge is 0.258 e. The number of hydrogen-bond acceptors (Lipinski definition) is 4. The molecule has 0 amide bonds. The van der Waals surface area contributed by atoms with Crippen molar-refractivity contribution >= 4 is 17.4 Å². The van der Waals surface area contributed by atoms with Gasteiger partial charge in [-0.3, -0.25) is 9.20 Å². The van der Waals surface area contributed by atoms with Gasteiger partial charge in [-0.1, -0.05) is 30.7 Å². The second-order valence-corrected chi connectivity index (χ2v) is 8.05. The first-order chi connectivity index (χ1) is 12.5. The summed E-state index contributed by atoms with van der Waals surface area (Å²) >= 11 is 1.68. The van der Waals surface area contributed by atoms with E-state index in [-0.39, 0.29) is 5.56 Å². The molecule has 1 saturated carbocycles. The van der Waals surface area contributed by atoms with Crippen LogP contribution in [0.25, 0.3) is 5.65 Å². The third kappa shape index (κ3) is 3.07. The maximum atomic E-state index is 12.5. The lowest BCUT2D eigenvalue weighted by Crippen LogP contribution is -2.17. The summed E-state index contributed by atoms with van der Waals surface area (Å²) in [7, 11) is 0. The second kappa shape index (κ2) is 6.91. The average molecular weight is 369 g/mol. The molecule has 3 aromatic rings. The molecule has 1 fully saturated rings. The zero-order valence-corrected chi connectivity index (χ0v) is 16.3. The van der Waals surface area contributed by atoms with Gasteiger partial charge >= 0.3 is 0 Å². The number of aromatic nitrogens is 4. The summed E-state index contributed by atoms with van der Waals surface area (Å²) in [5, 5.41) is 1.05. The van der Waals surface area contributed by atoms with Gasteiger partial charge in [-0.15, -0.1) is 0 Å². The minimum Gasteiger partial charge on any atom is -0.320 e. The number of pyridine rings is 1. The second-order valence-electron chi connectivity index (χ2n) is 7.11. The Morgan fingerprint density at radius 3 is 2.69 bits per heavy atom. The van der Waals surface area contributed by atoms with Crippen LogP contribution in [0.4, 0.5) is 0 Å². The zero-order chi connectivity index (χ0) is 18.3. The first kappa shape index (κ1) is 17.3. The molecule has 0 bridgehead atoms. The summed E-state index contributed by atoms with van der Waals surface area (Å²) in [5.41, 5.74) is 4.77. The molecule has 0 atom stereocenters. The number of imidazole rings is 1. The zero-order valence-electron chi connectivity index (χ0n) is 15.5. The Balaban J connectivity index is 1.63. The van der Waals surface area contributed by atoms with Crippen molar-refractivity contribution in [1.29, 1.82) is 0 Å². The number of hydrogen-bond donors (Lipinski definition) is 0. The van der Waals surface area contributed by atoms with Crippen LogP contribution in [0.1, 0.15) is 54.5 Å². The molecule has 3 aromatic heterocycles. The van der Waals surface area contributed by atoms with E-state index in [1.54, 1.807) is 22.2 Å². The molecule has 6 heteroatoms. The van der Waals surface area contributed by atoms with Crippen molar-refractivity contribution in [3.8, 4) is 0 Å². The van der Waals surface area contributed by atoms with E-state index in [0.717, 1.165) is 22.2 Å². The van der Waals surface area contributed by atoms with Crippen LogP contribution in [0.3, 0.4) is 0 Å². The fourth-order valence-corrected chi connectivity index (χ4v) is 4.92. The van der Waals surface area contributed by atoms with Crippen molar-refractivity contribution in [1.82, 2.24) is 18.9 Å². The van der Waals surface area contributed by atoms with Crippen LogP contribution in [0, 0.1) is 20.8 Å². The fraction of sp³-hybridized carbons (Fsp3) is 0.450. The van der Waals surface area contributed by atoms with Gasteiger partial charge in [-0.2, -0.15) is 0 Å². The maximum Gasteiger partial charge on any atom is 0.258 e. The minimum absolute atomic E-state index is 0.0183. The lowest BCUT2D eigenvalue weighted by molar-refractivity contribution is 0.471. The van der Waals surface area contributed by atoms with Crippen molar-refractivity contribution in [2.45, 2.75) is 63.4 Å². The van der Waals surface area contributed by atoms with E-state index in [9.17, 15) is 4.79 Å². The molecule has 1 aliphatic carbocycles. The van der Waals surface area contributed by atoms with E-state index in [1.807, 2.05) is 25.1 Å². The topological polar surface area (TPSA) is 52.2 Å². The summed E-state index contributed by atoms with van der Waals surface area (Å²) < 4.78 is 4.06. The van der Waals surface area contributed by atoms with E-state index in [2.05, 4.69) is 23.4 Å². The molecule has 136 valence electrons. The van der Waals surface area contributed by atoms with Crippen molar-refractivity contribution in [2.24, 2.45) is 0 Å². The fourth-order valence-electron chi connectivity index (χ4n) is 3.87. The summed E-state index contributed by atoms with van der Waals surface area (Å²) in [6, 6.07) is 7.96. The monoisotopic (exact) mass is 368 g/mol. The highest BCUT2D eigenvalue weighted by atomic mass is 32.2. The van der Waals surface area contributed by atoms with E-state index in [4.69, 9.17) is 4.98 Å². The van der Waals surface area contributed by atoms with Crippen molar-refractivity contribution < 1.29 is 0 Å². The first-order valence-corrected chi connectivity index (χ1v) is 10.2. The number of rotatable bonds is 4. The molecule has 5 nitrogen and oxygen atoms in total. The lowest BCUT2D eigenvalue weighted by Gasteiger charge is -2.17. The van der Waals surface area contributed by atoms with Gasteiger partial charge in [0.2, 0.25) is 0 Å². The highest BCUT2D eigenvalue weighted by molar-refractivity contribution is 7.98. The third-order valence-corrected chi connectivity index (χ3v) is 6.31. The molecule has 26 heavy (non-hydrogen) atoms. The van der Waals surface area contributed by atoms with Gasteiger partial charge in [0.05, 0.1) is 11.4 Å². The summed E-state index contributed by atoms with van der Waals surface area (Å²) in [4.78, 5) is 21.9. The van der Waals surface area contributed by atoms with Gasteiger partial charge in [0.1, 0.15) is 5.65 Å². The quantitative estimate of drug-likeness (QED) is 0.647. The summed E-state index contributed by atoms with van der Waals surface area (Å²) in [6.45, 7) is 6.16. The van der Waals surface area contributed by atoms with Crippen LogP contribution in [0.2, 0.25) is 0 Å². The van der Waals surface area contributed by atoms with Gasteiger partial charge in [-0.25, -0.2) is 9.97 Å². The van der Waals surface area contributed by atoms with Crippen molar-refractivity contribution in [3.05, 3.63) is 57.4 Å². The average Bonchev–Trinajstić information content (AvgIpc) is 3.21. The van der Waals surface area contributed by atoms with E-state index < -0.39 is 0 Å².